The number of carbonyl (C=O) groups excluding carboxylic acids is 2. The predicted molar refractivity (Wildman–Crippen MR) is 97.7 cm³/mol. The van der Waals surface area contributed by atoms with Gasteiger partial charge in [0.05, 0.1) is 6.20 Å². The van der Waals surface area contributed by atoms with Gasteiger partial charge in [0, 0.05) is 25.1 Å². The van der Waals surface area contributed by atoms with Gasteiger partial charge in [-0.2, -0.15) is 4.98 Å². The van der Waals surface area contributed by atoms with Gasteiger partial charge in [0.1, 0.15) is 5.75 Å². The summed E-state index contributed by atoms with van der Waals surface area (Å²) in [6, 6.07) is 7.03. The Morgan fingerprint density at radius 3 is 2.59 bits per heavy atom. The second-order valence-corrected chi connectivity index (χ2v) is 7.02. The number of nitrogens with one attached hydrogen (secondary N) is 2. The van der Waals surface area contributed by atoms with Crippen LogP contribution < -0.4 is 15.4 Å². The molecule has 2 aromatic rings. The van der Waals surface area contributed by atoms with Crippen LogP contribution >= 0.6 is 0 Å². The lowest BCUT2D eigenvalue weighted by atomic mass is 9.84. The third-order valence-corrected chi connectivity index (χ3v) is 5.08. The Morgan fingerprint density at radius 1 is 1.22 bits per heavy atom. The topological polar surface area (TPSA) is 96.7 Å². The van der Waals surface area contributed by atoms with Gasteiger partial charge in [0.2, 0.25) is 11.8 Å². The second-order valence-electron chi connectivity index (χ2n) is 7.02. The van der Waals surface area contributed by atoms with Crippen LogP contribution in [0.1, 0.15) is 30.1 Å². The van der Waals surface area contributed by atoms with Crippen LogP contribution in [-0.4, -0.2) is 47.4 Å². The number of carbonyl (C=O) groups is 2. The van der Waals surface area contributed by atoms with Gasteiger partial charge in [-0.25, -0.2) is 0 Å². The number of nitrogens with zero attached hydrogens (tertiary/aromatic N) is 2. The van der Waals surface area contributed by atoms with Gasteiger partial charge >= 0.3 is 6.08 Å². The quantitative estimate of drug-likeness (QED) is 0.838. The Kier molecular flexibility index (Phi) is 4.81. The highest BCUT2D eigenvalue weighted by molar-refractivity contribution is 5.94. The second kappa shape index (κ2) is 7.40. The molecule has 1 atom stereocenters. The molecular weight excluding hydrogens is 348 g/mol. The molecule has 2 amide bonds. The van der Waals surface area contributed by atoms with E-state index >= 15 is 0 Å². The van der Waals surface area contributed by atoms with Crippen LogP contribution in [-0.2, 0) is 4.79 Å². The first-order valence-corrected chi connectivity index (χ1v) is 9.11. The van der Waals surface area contributed by atoms with Crippen molar-refractivity contribution in [2.75, 3.05) is 25.0 Å². The number of piperidine rings is 3. The number of hydrogen-bond acceptors (Lipinski definition) is 6. The minimum atomic E-state index is -0.254. The third kappa shape index (κ3) is 4.11. The van der Waals surface area contributed by atoms with Crippen LogP contribution in [0.5, 0.6) is 11.8 Å². The molecule has 3 aliphatic rings. The fourth-order valence-electron chi connectivity index (χ4n) is 3.69. The van der Waals surface area contributed by atoms with Gasteiger partial charge in [-0.3, -0.25) is 14.9 Å². The highest BCUT2D eigenvalue weighted by Gasteiger charge is 2.34. The Labute approximate surface area is 156 Å². The van der Waals surface area contributed by atoms with Gasteiger partial charge in [-0.15, -0.1) is 0 Å². The molecule has 1 aromatic heterocycles. The molecule has 0 saturated carbocycles. The zero-order chi connectivity index (χ0) is 18.8. The summed E-state index contributed by atoms with van der Waals surface area (Å²) < 4.78 is 10.8. The van der Waals surface area contributed by atoms with Crippen LogP contribution in [0.25, 0.3) is 0 Å². The van der Waals surface area contributed by atoms with Crippen molar-refractivity contribution < 1.29 is 18.7 Å². The Hall–Kier alpha value is -2.87. The number of ether oxygens (including phenoxy) is 1. The minimum Gasteiger partial charge on any atom is -0.411 e. The van der Waals surface area contributed by atoms with E-state index in [0.29, 0.717) is 17.2 Å². The number of aromatic nitrogens is 1. The lowest BCUT2D eigenvalue weighted by Crippen LogP contribution is -2.57. The number of anilines is 1. The molecule has 0 aliphatic carbocycles. The smallest absolute Gasteiger partial charge is 0.401 e. The maximum absolute atomic E-state index is 12.5. The molecular formula is C19H22N4O4. The van der Waals surface area contributed by atoms with Crippen molar-refractivity contribution in [3.05, 3.63) is 36.0 Å². The lowest BCUT2D eigenvalue weighted by molar-refractivity contribution is -0.114. The summed E-state index contributed by atoms with van der Waals surface area (Å²) >= 11 is 0. The molecule has 27 heavy (non-hydrogen) atoms. The zero-order valence-corrected chi connectivity index (χ0v) is 15.1. The SMILES string of the molecule is CC(=O)Nc1cnc(Oc2ccc(C(=O)NC3CN4CCC3CC4)cc2)o1. The minimum absolute atomic E-state index is 0.0169. The van der Waals surface area contributed by atoms with Crippen molar-refractivity contribution in [1.29, 1.82) is 0 Å². The van der Waals surface area contributed by atoms with Gasteiger partial charge in [-0.1, -0.05) is 0 Å². The van der Waals surface area contributed by atoms with Crippen molar-refractivity contribution in [2.24, 2.45) is 5.92 Å². The first kappa shape index (κ1) is 17.5. The fourth-order valence-corrected chi connectivity index (χ4v) is 3.69. The molecule has 3 aliphatic heterocycles. The van der Waals surface area contributed by atoms with E-state index in [1.54, 1.807) is 24.3 Å². The average molecular weight is 370 g/mol. The maximum Gasteiger partial charge on any atom is 0.401 e. The number of benzene rings is 1. The summed E-state index contributed by atoms with van der Waals surface area (Å²) in [6.07, 6.45) is 3.71. The number of hydrogen-bond donors (Lipinski definition) is 2. The van der Waals surface area contributed by atoms with E-state index in [4.69, 9.17) is 9.15 Å². The van der Waals surface area contributed by atoms with Crippen molar-refractivity contribution >= 4 is 17.7 Å². The number of oxazole rings is 1. The highest BCUT2D eigenvalue weighted by Crippen LogP contribution is 2.28. The summed E-state index contributed by atoms with van der Waals surface area (Å²) in [4.78, 5) is 29.9. The van der Waals surface area contributed by atoms with Crippen molar-refractivity contribution in [1.82, 2.24) is 15.2 Å². The van der Waals surface area contributed by atoms with E-state index in [2.05, 4.69) is 20.5 Å². The van der Waals surface area contributed by atoms with Crippen LogP contribution in [0.2, 0.25) is 0 Å². The molecule has 3 fully saturated rings. The largest absolute Gasteiger partial charge is 0.411 e. The molecule has 1 aromatic carbocycles. The van der Waals surface area contributed by atoms with Gasteiger partial charge < -0.3 is 19.4 Å². The van der Waals surface area contributed by atoms with Gasteiger partial charge in [0.15, 0.2) is 0 Å². The van der Waals surface area contributed by atoms with Crippen molar-refractivity contribution in [2.45, 2.75) is 25.8 Å². The molecule has 1 unspecified atom stereocenters. The van der Waals surface area contributed by atoms with E-state index in [9.17, 15) is 9.59 Å². The summed E-state index contributed by atoms with van der Waals surface area (Å²) in [5.41, 5.74) is 0.588. The molecule has 0 radical (unpaired) electrons. The summed E-state index contributed by atoms with van der Waals surface area (Å²) in [5, 5.41) is 5.65. The molecule has 2 N–H and O–H groups in total. The molecule has 8 heteroatoms. The Bertz CT molecular complexity index is 824. The summed E-state index contributed by atoms with van der Waals surface area (Å²) in [5.74, 6) is 0.974. The predicted octanol–water partition coefficient (Wildman–Crippen LogP) is 2.25. The third-order valence-electron chi connectivity index (χ3n) is 5.08. The van der Waals surface area contributed by atoms with Gasteiger partial charge in [0.25, 0.3) is 5.91 Å². The molecule has 2 bridgehead atoms. The number of rotatable bonds is 5. The monoisotopic (exact) mass is 370 g/mol. The molecule has 142 valence electrons. The van der Waals surface area contributed by atoms with E-state index < -0.39 is 0 Å². The van der Waals surface area contributed by atoms with Crippen molar-refractivity contribution in [3.8, 4) is 11.8 Å². The summed E-state index contributed by atoms with van der Waals surface area (Å²) in [6.45, 7) is 4.61. The first-order valence-electron chi connectivity index (χ1n) is 9.11. The first-order chi connectivity index (χ1) is 13.1. The summed E-state index contributed by atoms with van der Waals surface area (Å²) in [7, 11) is 0. The Balaban J connectivity index is 1.35. The normalized spacial score (nSPS) is 23.7. The standard InChI is InChI=1S/C19H22N4O4/c1-12(24)21-17-10-20-19(27-17)26-15-4-2-14(3-5-15)18(25)22-16-11-23-8-6-13(16)7-9-23/h2-5,10,13,16H,6-9,11H2,1H3,(H,21,24)(H,22,25). The van der Waals surface area contributed by atoms with Crippen molar-refractivity contribution in [3.63, 3.8) is 0 Å². The molecule has 8 nitrogen and oxygen atoms in total. The van der Waals surface area contributed by atoms with E-state index in [1.807, 2.05) is 0 Å². The van der Waals surface area contributed by atoms with Crippen LogP contribution in [0, 0.1) is 5.92 Å². The fraction of sp³-hybridized carbons (Fsp3) is 0.421. The lowest BCUT2D eigenvalue weighted by Gasteiger charge is -2.44. The van der Waals surface area contributed by atoms with E-state index in [0.717, 1.165) is 32.5 Å². The highest BCUT2D eigenvalue weighted by atomic mass is 16.6. The molecule has 4 heterocycles. The van der Waals surface area contributed by atoms with Crippen LogP contribution in [0.3, 0.4) is 0 Å². The average Bonchev–Trinajstić information content (AvgIpc) is 3.09. The van der Waals surface area contributed by atoms with Gasteiger partial charge in [-0.05, 0) is 56.1 Å². The van der Waals surface area contributed by atoms with E-state index in [-0.39, 0.29) is 29.8 Å². The maximum atomic E-state index is 12.5. The zero-order valence-electron chi connectivity index (χ0n) is 15.1. The molecule has 5 rings (SSSR count). The van der Waals surface area contributed by atoms with Crippen LogP contribution in [0.15, 0.2) is 34.9 Å². The van der Waals surface area contributed by atoms with E-state index in [1.165, 1.54) is 13.1 Å². The van der Waals surface area contributed by atoms with Crippen LogP contribution in [0.4, 0.5) is 5.88 Å². The molecule has 0 spiro atoms. The Morgan fingerprint density at radius 2 is 1.96 bits per heavy atom. The number of amides is 2. The number of fused-ring (bicyclic) bond motifs is 3. The molecule has 3 saturated heterocycles.